The zero-order valence-electron chi connectivity index (χ0n) is 12.2. The zero-order valence-corrected chi connectivity index (χ0v) is 13.8. The molecule has 1 amide bonds. The van der Waals surface area contributed by atoms with Crippen LogP contribution in [-0.4, -0.2) is 5.91 Å². The van der Waals surface area contributed by atoms with Crippen molar-refractivity contribution < 1.29 is 4.79 Å². The number of amides is 1. The predicted molar refractivity (Wildman–Crippen MR) is 94.0 cm³/mol. The predicted octanol–water partition coefficient (Wildman–Crippen LogP) is 5.09. The smallest absolute Gasteiger partial charge is 0.251 e. The quantitative estimate of drug-likeness (QED) is 0.697. The minimum atomic E-state index is -0.0676. The van der Waals surface area contributed by atoms with Crippen molar-refractivity contribution in [2.24, 2.45) is 0 Å². The van der Waals surface area contributed by atoms with Crippen molar-refractivity contribution in [3.05, 3.63) is 82.3 Å². The zero-order chi connectivity index (χ0) is 15.5. The Bertz CT molecular complexity index is 828. The first-order valence-electron chi connectivity index (χ1n) is 7.18. The Labute approximate surface area is 138 Å². The Morgan fingerprint density at radius 3 is 2.50 bits per heavy atom. The second kappa shape index (κ2) is 6.32. The summed E-state index contributed by atoms with van der Waals surface area (Å²) in [4.78, 5) is 12.3. The number of fused-ring (bicyclic) bond motifs is 1. The third kappa shape index (κ3) is 3.20. The van der Waals surface area contributed by atoms with E-state index in [0.717, 1.165) is 10.0 Å². The Hall–Kier alpha value is -2.13. The minimum Gasteiger partial charge on any atom is -0.346 e. The van der Waals surface area contributed by atoms with Crippen LogP contribution in [0.5, 0.6) is 0 Å². The van der Waals surface area contributed by atoms with Crippen molar-refractivity contribution in [2.45, 2.75) is 13.0 Å². The summed E-state index contributed by atoms with van der Waals surface area (Å²) in [5.74, 6) is -0.0676. The van der Waals surface area contributed by atoms with E-state index in [1.165, 1.54) is 10.8 Å². The molecule has 0 heterocycles. The molecule has 0 aliphatic heterocycles. The summed E-state index contributed by atoms with van der Waals surface area (Å²) in [5.41, 5.74) is 1.75. The third-order valence-electron chi connectivity index (χ3n) is 3.71. The number of benzene rings is 3. The third-order valence-corrected chi connectivity index (χ3v) is 4.20. The molecule has 1 N–H and O–H groups in total. The van der Waals surface area contributed by atoms with Gasteiger partial charge in [-0.1, -0.05) is 58.4 Å². The van der Waals surface area contributed by atoms with Gasteiger partial charge in [-0.15, -0.1) is 0 Å². The molecule has 0 unspecified atom stereocenters. The van der Waals surface area contributed by atoms with Crippen LogP contribution in [0.4, 0.5) is 0 Å². The maximum atomic E-state index is 12.3. The van der Waals surface area contributed by atoms with Gasteiger partial charge in [0, 0.05) is 10.0 Å². The summed E-state index contributed by atoms with van der Waals surface area (Å²) in [6, 6.07) is 21.9. The van der Waals surface area contributed by atoms with Crippen LogP contribution < -0.4 is 5.32 Å². The normalized spacial score (nSPS) is 12.1. The van der Waals surface area contributed by atoms with Crippen LogP contribution in [-0.2, 0) is 0 Å². The number of nitrogens with one attached hydrogen (secondary N) is 1. The lowest BCUT2D eigenvalue weighted by molar-refractivity contribution is 0.0940. The molecule has 3 aromatic rings. The fourth-order valence-corrected chi connectivity index (χ4v) is 2.87. The van der Waals surface area contributed by atoms with Gasteiger partial charge >= 0.3 is 0 Å². The lowest BCUT2D eigenvalue weighted by Crippen LogP contribution is -2.26. The van der Waals surface area contributed by atoms with Crippen molar-refractivity contribution in [3.8, 4) is 0 Å². The molecular formula is C19H16BrNO. The highest BCUT2D eigenvalue weighted by Gasteiger charge is 2.12. The van der Waals surface area contributed by atoms with Crippen LogP contribution in [0.25, 0.3) is 10.8 Å². The van der Waals surface area contributed by atoms with Gasteiger partial charge in [0.2, 0.25) is 0 Å². The van der Waals surface area contributed by atoms with E-state index in [0.29, 0.717) is 5.56 Å². The first-order valence-corrected chi connectivity index (χ1v) is 7.98. The van der Waals surface area contributed by atoms with Crippen molar-refractivity contribution in [1.82, 2.24) is 5.32 Å². The number of carbonyl (C=O) groups excluding carboxylic acids is 1. The molecule has 0 saturated carbocycles. The SMILES string of the molecule is C[C@@H](NC(=O)c1cccc(Br)c1)c1ccc2ccccc2c1. The van der Waals surface area contributed by atoms with Crippen LogP contribution in [0.15, 0.2) is 71.2 Å². The fourth-order valence-electron chi connectivity index (χ4n) is 2.47. The second-order valence-electron chi connectivity index (χ2n) is 5.31. The standard InChI is InChI=1S/C19H16BrNO/c1-13(21-19(22)17-7-4-8-18(20)12-17)15-10-9-14-5-2-3-6-16(14)11-15/h2-13H,1H3,(H,21,22)/t13-/m1/s1. The Balaban J connectivity index is 1.80. The summed E-state index contributed by atoms with van der Waals surface area (Å²) >= 11 is 3.39. The fraction of sp³-hybridized carbons (Fsp3) is 0.105. The largest absolute Gasteiger partial charge is 0.346 e. The van der Waals surface area contributed by atoms with E-state index in [2.05, 4.69) is 51.6 Å². The molecule has 22 heavy (non-hydrogen) atoms. The number of rotatable bonds is 3. The van der Waals surface area contributed by atoms with Gasteiger partial charge in [0.05, 0.1) is 6.04 Å². The van der Waals surface area contributed by atoms with Crippen LogP contribution in [0.2, 0.25) is 0 Å². The van der Waals surface area contributed by atoms with E-state index >= 15 is 0 Å². The molecule has 0 aliphatic carbocycles. The van der Waals surface area contributed by atoms with Gasteiger partial charge in [-0.2, -0.15) is 0 Å². The molecule has 0 aliphatic rings. The molecule has 0 saturated heterocycles. The van der Waals surface area contributed by atoms with E-state index in [1.54, 1.807) is 0 Å². The first-order chi connectivity index (χ1) is 10.6. The summed E-state index contributed by atoms with van der Waals surface area (Å²) in [6.45, 7) is 2.00. The van der Waals surface area contributed by atoms with Gasteiger partial charge < -0.3 is 5.32 Å². The van der Waals surface area contributed by atoms with E-state index in [-0.39, 0.29) is 11.9 Å². The average molecular weight is 354 g/mol. The highest BCUT2D eigenvalue weighted by Crippen LogP contribution is 2.21. The molecule has 3 aromatic carbocycles. The highest BCUT2D eigenvalue weighted by atomic mass is 79.9. The topological polar surface area (TPSA) is 29.1 Å². The molecule has 0 bridgehead atoms. The summed E-state index contributed by atoms with van der Waals surface area (Å²) in [6.07, 6.45) is 0. The molecule has 0 aromatic heterocycles. The molecule has 3 heteroatoms. The van der Waals surface area contributed by atoms with E-state index in [9.17, 15) is 4.79 Å². The summed E-state index contributed by atoms with van der Waals surface area (Å²) in [7, 11) is 0. The Morgan fingerprint density at radius 2 is 1.73 bits per heavy atom. The number of halogens is 1. The highest BCUT2D eigenvalue weighted by molar-refractivity contribution is 9.10. The maximum Gasteiger partial charge on any atom is 0.251 e. The molecule has 1 atom stereocenters. The maximum absolute atomic E-state index is 12.3. The Kier molecular flexibility index (Phi) is 4.25. The number of carbonyl (C=O) groups is 1. The summed E-state index contributed by atoms with van der Waals surface area (Å²) in [5, 5.41) is 5.43. The monoisotopic (exact) mass is 353 g/mol. The van der Waals surface area contributed by atoms with Gasteiger partial charge in [-0.05, 0) is 47.5 Å². The van der Waals surface area contributed by atoms with Gasteiger partial charge in [-0.3, -0.25) is 4.79 Å². The van der Waals surface area contributed by atoms with Gasteiger partial charge in [0.15, 0.2) is 0 Å². The number of hydrogen-bond donors (Lipinski definition) is 1. The van der Waals surface area contributed by atoms with Crippen LogP contribution in [0.1, 0.15) is 28.9 Å². The lowest BCUT2D eigenvalue weighted by Gasteiger charge is -2.15. The molecule has 110 valence electrons. The van der Waals surface area contributed by atoms with Crippen LogP contribution >= 0.6 is 15.9 Å². The number of hydrogen-bond acceptors (Lipinski definition) is 1. The first kappa shape index (κ1) is 14.8. The molecule has 0 radical (unpaired) electrons. The van der Waals surface area contributed by atoms with E-state index in [1.807, 2.05) is 43.3 Å². The minimum absolute atomic E-state index is 0.0453. The van der Waals surface area contributed by atoms with Gasteiger partial charge in [0.1, 0.15) is 0 Å². The second-order valence-corrected chi connectivity index (χ2v) is 6.23. The van der Waals surface area contributed by atoms with Gasteiger partial charge in [0.25, 0.3) is 5.91 Å². The molecular weight excluding hydrogens is 338 g/mol. The van der Waals surface area contributed by atoms with Crippen LogP contribution in [0.3, 0.4) is 0 Å². The molecule has 3 rings (SSSR count). The van der Waals surface area contributed by atoms with E-state index in [4.69, 9.17) is 0 Å². The molecule has 2 nitrogen and oxygen atoms in total. The average Bonchev–Trinajstić information content (AvgIpc) is 2.54. The summed E-state index contributed by atoms with van der Waals surface area (Å²) < 4.78 is 0.901. The lowest BCUT2D eigenvalue weighted by atomic mass is 10.0. The van der Waals surface area contributed by atoms with Gasteiger partial charge in [-0.25, -0.2) is 0 Å². The van der Waals surface area contributed by atoms with Crippen molar-refractivity contribution in [1.29, 1.82) is 0 Å². The molecule has 0 spiro atoms. The van der Waals surface area contributed by atoms with E-state index < -0.39 is 0 Å². The van der Waals surface area contributed by atoms with Crippen LogP contribution in [0, 0.1) is 0 Å². The van der Waals surface area contributed by atoms with Crippen molar-refractivity contribution in [3.63, 3.8) is 0 Å². The Morgan fingerprint density at radius 1 is 0.955 bits per heavy atom. The van der Waals surface area contributed by atoms with Crippen molar-refractivity contribution >= 4 is 32.6 Å². The van der Waals surface area contributed by atoms with Crippen molar-refractivity contribution in [2.75, 3.05) is 0 Å². The molecule has 0 fully saturated rings.